The molecule has 3 nitrogen and oxygen atoms in total. The summed E-state index contributed by atoms with van der Waals surface area (Å²) in [6, 6.07) is 14.7. The molecule has 5 heteroatoms. The molecular formula is C16H17NO2S2. The van der Waals surface area contributed by atoms with Crippen LogP contribution in [0.25, 0.3) is 0 Å². The van der Waals surface area contributed by atoms with Crippen LogP contribution in [0, 0.1) is 6.92 Å². The summed E-state index contributed by atoms with van der Waals surface area (Å²) in [4.78, 5) is 1.37. The third-order valence-electron chi connectivity index (χ3n) is 3.56. The average Bonchev–Trinajstić information content (AvgIpc) is 2.47. The summed E-state index contributed by atoms with van der Waals surface area (Å²) in [5.41, 5.74) is 1.83. The average molecular weight is 319 g/mol. The summed E-state index contributed by atoms with van der Waals surface area (Å²) >= 11 is 1.71. The Labute approximate surface area is 130 Å². The third kappa shape index (κ3) is 2.56. The molecule has 110 valence electrons. The number of para-hydroxylation sites is 1. The second kappa shape index (κ2) is 5.39. The number of benzene rings is 2. The third-order valence-corrected chi connectivity index (χ3v) is 6.81. The highest BCUT2D eigenvalue weighted by Crippen LogP contribution is 2.40. The summed E-state index contributed by atoms with van der Waals surface area (Å²) < 4.78 is 27.5. The molecule has 1 atom stereocenters. The topological polar surface area (TPSA) is 37.4 Å². The molecule has 0 fully saturated rings. The van der Waals surface area contributed by atoms with Gasteiger partial charge in [0.15, 0.2) is 0 Å². The summed E-state index contributed by atoms with van der Waals surface area (Å²) in [7, 11) is -3.52. The first-order valence-corrected chi connectivity index (χ1v) is 9.25. The first-order chi connectivity index (χ1) is 10.00. The van der Waals surface area contributed by atoms with Gasteiger partial charge in [0.05, 0.1) is 16.6 Å². The lowest BCUT2D eigenvalue weighted by Gasteiger charge is -2.35. The molecule has 0 saturated carbocycles. The van der Waals surface area contributed by atoms with Gasteiger partial charge in [-0.3, -0.25) is 4.31 Å². The molecule has 0 saturated heterocycles. The van der Waals surface area contributed by atoms with E-state index in [9.17, 15) is 8.42 Å². The van der Waals surface area contributed by atoms with Crippen molar-refractivity contribution >= 4 is 27.5 Å². The van der Waals surface area contributed by atoms with Crippen LogP contribution in [0.2, 0.25) is 0 Å². The molecule has 2 aromatic carbocycles. The number of anilines is 1. The highest BCUT2D eigenvalue weighted by Gasteiger charge is 2.33. The molecule has 1 aliphatic heterocycles. The van der Waals surface area contributed by atoms with E-state index in [0.717, 1.165) is 21.9 Å². The van der Waals surface area contributed by atoms with Gasteiger partial charge in [0.2, 0.25) is 0 Å². The summed E-state index contributed by atoms with van der Waals surface area (Å²) in [6.45, 7) is 3.90. The molecule has 21 heavy (non-hydrogen) atoms. The van der Waals surface area contributed by atoms with Crippen molar-refractivity contribution in [2.24, 2.45) is 0 Å². The first-order valence-electron chi connectivity index (χ1n) is 6.83. The van der Waals surface area contributed by atoms with Gasteiger partial charge < -0.3 is 0 Å². The van der Waals surface area contributed by atoms with E-state index >= 15 is 0 Å². The lowest BCUT2D eigenvalue weighted by Crippen LogP contribution is -2.42. The van der Waals surface area contributed by atoms with Gasteiger partial charge in [-0.2, -0.15) is 0 Å². The molecule has 0 aromatic heterocycles. The monoisotopic (exact) mass is 319 g/mol. The standard InChI is InChI=1S/C16H17NO2S2/c1-12-7-9-14(10-8-12)21(18,19)17-13(2)11-20-16-6-4-3-5-15(16)17/h3-10,13H,11H2,1-2H3/t13-/m0/s1. The van der Waals surface area contributed by atoms with Crippen molar-refractivity contribution in [1.29, 1.82) is 0 Å². The molecule has 3 rings (SSSR count). The molecule has 2 aromatic rings. The van der Waals surface area contributed by atoms with Gasteiger partial charge in [-0.15, -0.1) is 11.8 Å². The molecule has 1 aliphatic rings. The van der Waals surface area contributed by atoms with Crippen molar-refractivity contribution < 1.29 is 8.42 Å². The molecule has 0 radical (unpaired) electrons. The van der Waals surface area contributed by atoms with Crippen LogP contribution >= 0.6 is 11.8 Å². The second-order valence-electron chi connectivity index (χ2n) is 5.24. The van der Waals surface area contributed by atoms with Gasteiger partial charge in [0.25, 0.3) is 10.0 Å². The Morgan fingerprint density at radius 2 is 1.76 bits per heavy atom. The Hall–Kier alpha value is -1.46. The Kier molecular flexibility index (Phi) is 3.71. The highest BCUT2D eigenvalue weighted by atomic mass is 32.2. The predicted molar refractivity (Wildman–Crippen MR) is 87.5 cm³/mol. The number of rotatable bonds is 2. The Balaban J connectivity index is 2.12. The van der Waals surface area contributed by atoms with E-state index in [4.69, 9.17) is 0 Å². The van der Waals surface area contributed by atoms with Crippen LogP contribution in [0.1, 0.15) is 12.5 Å². The first kappa shape index (κ1) is 14.5. The smallest absolute Gasteiger partial charge is 0.262 e. The molecule has 0 aliphatic carbocycles. The van der Waals surface area contributed by atoms with Crippen molar-refractivity contribution in [3.8, 4) is 0 Å². The summed E-state index contributed by atoms with van der Waals surface area (Å²) in [6.07, 6.45) is 0. The van der Waals surface area contributed by atoms with E-state index in [2.05, 4.69) is 0 Å². The minimum absolute atomic E-state index is 0.0591. The van der Waals surface area contributed by atoms with E-state index < -0.39 is 10.0 Å². The number of nitrogens with zero attached hydrogens (tertiary/aromatic N) is 1. The van der Waals surface area contributed by atoms with Crippen molar-refractivity contribution in [1.82, 2.24) is 0 Å². The van der Waals surface area contributed by atoms with Gasteiger partial charge in [-0.1, -0.05) is 29.8 Å². The van der Waals surface area contributed by atoms with Gasteiger partial charge in [0.1, 0.15) is 0 Å². The molecule has 1 heterocycles. The number of thioether (sulfide) groups is 1. The van der Waals surface area contributed by atoms with Gasteiger partial charge >= 0.3 is 0 Å². The SMILES string of the molecule is Cc1ccc(S(=O)(=O)N2c3ccccc3SC[C@@H]2C)cc1. The zero-order chi connectivity index (χ0) is 15.0. The maximum absolute atomic E-state index is 13.0. The quantitative estimate of drug-likeness (QED) is 0.847. The van der Waals surface area contributed by atoms with Crippen LogP contribution in [-0.4, -0.2) is 20.2 Å². The van der Waals surface area contributed by atoms with Crippen LogP contribution in [0.3, 0.4) is 0 Å². The molecule has 0 spiro atoms. The zero-order valence-electron chi connectivity index (χ0n) is 12.0. The van der Waals surface area contributed by atoms with Crippen molar-refractivity contribution in [2.75, 3.05) is 10.1 Å². The lowest BCUT2D eigenvalue weighted by molar-refractivity contribution is 0.583. The Morgan fingerprint density at radius 3 is 2.48 bits per heavy atom. The second-order valence-corrected chi connectivity index (χ2v) is 8.12. The van der Waals surface area contributed by atoms with Crippen molar-refractivity contribution in [2.45, 2.75) is 29.7 Å². The van der Waals surface area contributed by atoms with E-state index in [1.54, 1.807) is 28.2 Å². The minimum Gasteiger partial charge on any atom is -0.262 e. The van der Waals surface area contributed by atoms with Crippen LogP contribution in [0.15, 0.2) is 58.3 Å². The maximum Gasteiger partial charge on any atom is 0.264 e. The Bertz CT molecular complexity index is 754. The number of fused-ring (bicyclic) bond motifs is 1. The number of sulfonamides is 1. The van der Waals surface area contributed by atoms with E-state index in [1.807, 2.05) is 50.2 Å². The lowest BCUT2D eigenvalue weighted by atomic mass is 10.2. The highest BCUT2D eigenvalue weighted by molar-refractivity contribution is 8.00. The van der Waals surface area contributed by atoms with Crippen LogP contribution < -0.4 is 4.31 Å². The summed E-state index contributed by atoms with van der Waals surface area (Å²) in [5.74, 6) is 0.766. The zero-order valence-corrected chi connectivity index (χ0v) is 13.6. The number of aryl methyl sites for hydroxylation is 1. The van der Waals surface area contributed by atoms with E-state index in [-0.39, 0.29) is 6.04 Å². The fourth-order valence-corrected chi connectivity index (χ4v) is 5.35. The maximum atomic E-state index is 13.0. The molecule has 0 bridgehead atoms. The predicted octanol–water partition coefficient (Wildman–Crippen LogP) is 3.68. The van der Waals surface area contributed by atoms with Crippen molar-refractivity contribution in [3.05, 3.63) is 54.1 Å². The molecule has 0 N–H and O–H groups in total. The number of hydrogen-bond acceptors (Lipinski definition) is 3. The van der Waals surface area contributed by atoms with Crippen LogP contribution in [0.4, 0.5) is 5.69 Å². The van der Waals surface area contributed by atoms with Gasteiger partial charge in [-0.25, -0.2) is 8.42 Å². The fourth-order valence-electron chi connectivity index (χ4n) is 2.47. The van der Waals surface area contributed by atoms with Crippen molar-refractivity contribution in [3.63, 3.8) is 0 Å². The largest absolute Gasteiger partial charge is 0.264 e. The molecule has 0 unspecified atom stereocenters. The summed E-state index contributed by atoms with van der Waals surface area (Å²) in [5, 5.41) is 0. The van der Waals surface area contributed by atoms with E-state index in [0.29, 0.717) is 4.90 Å². The van der Waals surface area contributed by atoms with E-state index in [1.165, 1.54) is 0 Å². The van der Waals surface area contributed by atoms with Crippen LogP contribution in [0.5, 0.6) is 0 Å². The van der Waals surface area contributed by atoms with Crippen LogP contribution in [-0.2, 0) is 10.0 Å². The normalized spacial score (nSPS) is 18.4. The number of hydrogen-bond donors (Lipinski definition) is 0. The minimum atomic E-state index is -3.52. The Morgan fingerprint density at radius 1 is 1.10 bits per heavy atom. The fraction of sp³-hybridized carbons (Fsp3) is 0.250. The van der Waals surface area contributed by atoms with Gasteiger partial charge in [0, 0.05) is 10.6 Å². The van der Waals surface area contributed by atoms with Gasteiger partial charge in [-0.05, 0) is 38.1 Å². The molecular weight excluding hydrogens is 302 g/mol. The molecule has 0 amide bonds.